The van der Waals surface area contributed by atoms with Gasteiger partial charge >= 0.3 is 0 Å². The van der Waals surface area contributed by atoms with Gasteiger partial charge in [0.25, 0.3) is 5.91 Å². The van der Waals surface area contributed by atoms with Gasteiger partial charge in [-0.25, -0.2) is 9.97 Å². The molecule has 1 aromatic heterocycles. The molecule has 9 nitrogen and oxygen atoms in total. The van der Waals surface area contributed by atoms with E-state index in [1.54, 1.807) is 11.1 Å². The topological polar surface area (TPSA) is 102 Å². The molecule has 1 aromatic carbocycles. The van der Waals surface area contributed by atoms with Crippen LogP contribution in [0.15, 0.2) is 36.8 Å². The lowest BCUT2D eigenvalue weighted by molar-refractivity contribution is -0.130. The molecule has 0 atom stereocenters. The van der Waals surface area contributed by atoms with Crippen LogP contribution >= 0.6 is 0 Å². The third-order valence-electron chi connectivity index (χ3n) is 6.42. The fourth-order valence-electron chi connectivity index (χ4n) is 4.45. The van der Waals surface area contributed by atoms with Gasteiger partial charge in [-0.1, -0.05) is 25.0 Å². The molecule has 0 saturated heterocycles. The number of nitrogens with one attached hydrogen (secondary N) is 3. The van der Waals surface area contributed by atoms with Gasteiger partial charge in [-0.2, -0.15) is 0 Å². The molecule has 2 aliphatic rings. The molecule has 2 bridgehead atoms. The van der Waals surface area contributed by atoms with Gasteiger partial charge in [0.05, 0.1) is 11.1 Å². The summed E-state index contributed by atoms with van der Waals surface area (Å²) in [5.74, 6) is 1.08. The quantitative estimate of drug-likeness (QED) is 0.533. The van der Waals surface area contributed by atoms with Crippen LogP contribution in [-0.4, -0.2) is 65.3 Å². The molecule has 0 unspecified atom stereocenters. The molecule has 3 heterocycles. The smallest absolute Gasteiger partial charge is 0.259 e. The minimum Gasteiger partial charge on any atom is -0.369 e. The number of anilines is 3. The SMILES string of the molecule is CN1CCCCCCC(=O)N(C)CCCNc2ncnc3c2/C(=C/Nc2cccc(c2)C1)C(=O)N3. The number of carbonyl (C=O) groups excluding carboxylic acids is 2. The van der Waals surface area contributed by atoms with E-state index in [2.05, 4.69) is 50.0 Å². The predicted molar refractivity (Wildman–Crippen MR) is 139 cm³/mol. The fourth-order valence-corrected chi connectivity index (χ4v) is 4.45. The molecule has 0 saturated carbocycles. The van der Waals surface area contributed by atoms with Gasteiger partial charge in [-0.3, -0.25) is 9.59 Å². The van der Waals surface area contributed by atoms with Crippen LogP contribution in [0.1, 0.15) is 49.7 Å². The number of benzene rings is 1. The molecule has 4 rings (SSSR count). The molecule has 2 aliphatic heterocycles. The van der Waals surface area contributed by atoms with E-state index in [0.717, 1.165) is 50.9 Å². The van der Waals surface area contributed by atoms with Crippen molar-refractivity contribution in [2.45, 2.75) is 45.1 Å². The average Bonchev–Trinajstić information content (AvgIpc) is 3.17. The Balaban J connectivity index is 1.54. The Bertz CT molecular complexity index is 1090. The maximum Gasteiger partial charge on any atom is 0.259 e. The summed E-state index contributed by atoms with van der Waals surface area (Å²) in [6.45, 7) is 3.16. The Morgan fingerprint density at radius 2 is 1.77 bits per heavy atom. The maximum atomic E-state index is 12.7. The first-order chi connectivity index (χ1) is 17.0. The van der Waals surface area contributed by atoms with Gasteiger partial charge in [0.2, 0.25) is 5.91 Å². The highest BCUT2D eigenvalue weighted by molar-refractivity contribution is 6.32. The zero-order valence-electron chi connectivity index (χ0n) is 20.6. The monoisotopic (exact) mass is 477 g/mol. The molecular formula is C26H35N7O2. The van der Waals surface area contributed by atoms with E-state index in [-0.39, 0.29) is 11.8 Å². The number of hydrogen-bond acceptors (Lipinski definition) is 7. The first-order valence-electron chi connectivity index (χ1n) is 12.4. The third-order valence-corrected chi connectivity index (χ3v) is 6.42. The number of fused-ring (bicyclic) bond motifs is 2. The Morgan fingerprint density at radius 1 is 0.943 bits per heavy atom. The van der Waals surface area contributed by atoms with Crippen molar-refractivity contribution in [1.82, 2.24) is 19.8 Å². The summed E-state index contributed by atoms with van der Waals surface area (Å²) in [5, 5.41) is 9.43. The third kappa shape index (κ3) is 6.57. The maximum absolute atomic E-state index is 12.7. The van der Waals surface area contributed by atoms with Crippen LogP contribution in [0, 0.1) is 0 Å². The second-order valence-electron chi connectivity index (χ2n) is 9.30. The van der Waals surface area contributed by atoms with Crippen molar-refractivity contribution >= 4 is 34.7 Å². The van der Waals surface area contributed by atoms with Crippen molar-refractivity contribution in [3.63, 3.8) is 0 Å². The van der Waals surface area contributed by atoms with Crippen LogP contribution in [0.3, 0.4) is 0 Å². The highest BCUT2D eigenvalue weighted by Crippen LogP contribution is 2.34. The van der Waals surface area contributed by atoms with E-state index < -0.39 is 0 Å². The molecule has 2 aromatic rings. The summed E-state index contributed by atoms with van der Waals surface area (Å²) in [5.41, 5.74) is 3.27. The van der Waals surface area contributed by atoms with Gasteiger partial charge in [-0.05, 0) is 50.6 Å². The minimum atomic E-state index is -0.216. The lowest BCUT2D eigenvalue weighted by Gasteiger charge is -2.18. The number of aromatic nitrogens is 2. The number of rotatable bonds is 0. The Hall–Kier alpha value is -3.46. The summed E-state index contributed by atoms with van der Waals surface area (Å²) in [6, 6.07) is 8.24. The standard InChI is InChI=1S/C26H35N7O2/c1-32-13-6-4-3-5-11-22(34)33(2)14-8-12-27-24-23-21(26(35)31-25(23)30-18-29-24)16-28-20-10-7-9-19(15-20)17-32/h7,9-10,15-16,18,28H,3-6,8,11-14,17H2,1-2H3,(H2,27,29,30,31,35)/b21-16-. The second-order valence-corrected chi connectivity index (χ2v) is 9.30. The molecule has 0 spiro atoms. The molecule has 0 fully saturated rings. The highest BCUT2D eigenvalue weighted by Gasteiger charge is 2.29. The zero-order chi connectivity index (χ0) is 24.6. The first-order valence-corrected chi connectivity index (χ1v) is 12.4. The summed E-state index contributed by atoms with van der Waals surface area (Å²) < 4.78 is 0. The molecular weight excluding hydrogens is 442 g/mol. The normalized spacial score (nSPS) is 20.3. The van der Waals surface area contributed by atoms with E-state index in [0.29, 0.717) is 42.3 Å². The number of carbonyl (C=O) groups is 2. The van der Waals surface area contributed by atoms with Crippen molar-refractivity contribution in [2.24, 2.45) is 0 Å². The molecule has 9 heteroatoms. The lowest BCUT2D eigenvalue weighted by Crippen LogP contribution is -2.28. The van der Waals surface area contributed by atoms with Crippen LogP contribution in [0.4, 0.5) is 17.3 Å². The minimum absolute atomic E-state index is 0.193. The van der Waals surface area contributed by atoms with Crippen LogP contribution in [-0.2, 0) is 16.1 Å². The summed E-state index contributed by atoms with van der Waals surface area (Å²) in [4.78, 5) is 37.9. The van der Waals surface area contributed by atoms with Crippen molar-refractivity contribution in [2.75, 3.05) is 49.7 Å². The van der Waals surface area contributed by atoms with Gasteiger partial charge in [0.15, 0.2) is 0 Å². The van der Waals surface area contributed by atoms with E-state index in [1.807, 2.05) is 19.2 Å². The van der Waals surface area contributed by atoms with Crippen molar-refractivity contribution in [3.8, 4) is 0 Å². The van der Waals surface area contributed by atoms with Crippen molar-refractivity contribution in [3.05, 3.63) is 47.9 Å². The van der Waals surface area contributed by atoms with Crippen LogP contribution in [0.25, 0.3) is 5.57 Å². The Kier molecular flexibility index (Phi) is 8.31. The summed E-state index contributed by atoms with van der Waals surface area (Å²) in [7, 11) is 4.00. The van der Waals surface area contributed by atoms with E-state index >= 15 is 0 Å². The lowest BCUT2D eigenvalue weighted by atomic mass is 10.1. The van der Waals surface area contributed by atoms with E-state index in [1.165, 1.54) is 11.9 Å². The molecule has 35 heavy (non-hydrogen) atoms. The van der Waals surface area contributed by atoms with Gasteiger partial charge < -0.3 is 25.8 Å². The van der Waals surface area contributed by atoms with Crippen LogP contribution in [0.2, 0.25) is 0 Å². The van der Waals surface area contributed by atoms with Crippen LogP contribution < -0.4 is 16.0 Å². The van der Waals surface area contributed by atoms with Gasteiger partial charge in [-0.15, -0.1) is 0 Å². The molecule has 0 aliphatic carbocycles. The van der Waals surface area contributed by atoms with Crippen LogP contribution in [0.5, 0.6) is 0 Å². The number of amides is 2. The van der Waals surface area contributed by atoms with Crippen molar-refractivity contribution < 1.29 is 9.59 Å². The molecule has 186 valence electrons. The van der Waals surface area contributed by atoms with Gasteiger partial charge in [0, 0.05) is 45.0 Å². The summed E-state index contributed by atoms with van der Waals surface area (Å²) in [6.07, 6.45) is 8.80. The first kappa shape index (κ1) is 24.7. The predicted octanol–water partition coefficient (Wildman–Crippen LogP) is 3.54. The van der Waals surface area contributed by atoms with E-state index in [4.69, 9.17) is 0 Å². The largest absolute Gasteiger partial charge is 0.369 e. The average molecular weight is 478 g/mol. The molecule has 3 N–H and O–H groups in total. The number of nitrogens with zero attached hydrogens (tertiary/aromatic N) is 4. The highest BCUT2D eigenvalue weighted by atomic mass is 16.2. The summed E-state index contributed by atoms with van der Waals surface area (Å²) >= 11 is 0. The van der Waals surface area contributed by atoms with Gasteiger partial charge in [0.1, 0.15) is 18.0 Å². The van der Waals surface area contributed by atoms with Crippen molar-refractivity contribution in [1.29, 1.82) is 0 Å². The number of hydrogen-bond donors (Lipinski definition) is 3. The Morgan fingerprint density at radius 3 is 2.66 bits per heavy atom. The van der Waals surface area contributed by atoms with E-state index in [9.17, 15) is 9.59 Å². The fraction of sp³-hybridized carbons (Fsp3) is 0.462. The Labute approximate surface area is 207 Å². The second kappa shape index (κ2) is 11.8. The zero-order valence-corrected chi connectivity index (χ0v) is 20.6. The molecule has 2 amide bonds. The molecule has 0 radical (unpaired) electrons.